The van der Waals surface area contributed by atoms with Crippen molar-refractivity contribution in [1.82, 2.24) is 0 Å². The first-order chi connectivity index (χ1) is 13.0. The Morgan fingerprint density at radius 3 is 2.07 bits per heavy atom. The van der Waals surface area contributed by atoms with Gasteiger partial charge in [0.2, 0.25) is 5.91 Å². The molecule has 0 bridgehead atoms. The van der Waals surface area contributed by atoms with Gasteiger partial charge in [-0.25, -0.2) is 0 Å². The molecular formula is C19H17F6NOS. The maximum Gasteiger partial charge on any atom is 0.446 e. The maximum atomic E-state index is 12.3. The van der Waals surface area contributed by atoms with Gasteiger partial charge in [-0.3, -0.25) is 4.79 Å². The number of carbonyl (C=O) groups is 1. The third kappa shape index (κ3) is 6.78. The summed E-state index contributed by atoms with van der Waals surface area (Å²) < 4.78 is 72.4. The van der Waals surface area contributed by atoms with Gasteiger partial charge in [0.1, 0.15) is 0 Å². The molecule has 0 aliphatic carbocycles. The standard InChI is InChI=1S/C11H10F3NO.C8H7F3S/c12-11(13,14)8-3-5-9(6-4-8)15-7-1-2-10(15)16;1-6-3-2-4-7(5-6)12-8(9,10)11/h3-6H,1-2,7H2;2-5H,1H3. The second-order valence-corrected chi connectivity index (χ2v) is 7.20. The lowest BCUT2D eigenvalue weighted by atomic mass is 10.2. The molecule has 2 nitrogen and oxygen atoms in total. The van der Waals surface area contributed by atoms with Crippen LogP contribution in [0, 0.1) is 6.92 Å². The first kappa shape index (κ1) is 22.1. The summed E-state index contributed by atoms with van der Waals surface area (Å²) in [5.74, 6) is -0.0280. The van der Waals surface area contributed by atoms with E-state index in [0.29, 0.717) is 18.7 Å². The van der Waals surface area contributed by atoms with Gasteiger partial charge < -0.3 is 4.90 Å². The molecule has 3 rings (SSSR count). The van der Waals surface area contributed by atoms with Crippen LogP contribution in [0.4, 0.5) is 32.0 Å². The minimum absolute atomic E-state index is 0.0280. The van der Waals surface area contributed by atoms with E-state index < -0.39 is 17.2 Å². The molecule has 1 saturated heterocycles. The highest BCUT2D eigenvalue weighted by Crippen LogP contribution is 2.36. The monoisotopic (exact) mass is 421 g/mol. The summed E-state index contributed by atoms with van der Waals surface area (Å²) >= 11 is -0.0851. The summed E-state index contributed by atoms with van der Waals surface area (Å²) in [6.45, 7) is 2.35. The molecule has 1 heterocycles. The zero-order chi connectivity index (χ0) is 20.9. The van der Waals surface area contributed by atoms with Gasteiger partial charge in [-0.2, -0.15) is 26.3 Å². The smallest absolute Gasteiger partial charge is 0.312 e. The van der Waals surface area contributed by atoms with Gasteiger partial charge in [-0.1, -0.05) is 17.7 Å². The average Bonchev–Trinajstić information content (AvgIpc) is 2.99. The van der Waals surface area contributed by atoms with Crippen molar-refractivity contribution in [3.05, 3.63) is 59.7 Å². The van der Waals surface area contributed by atoms with Gasteiger partial charge in [-0.15, -0.1) is 0 Å². The number of alkyl halides is 6. The summed E-state index contributed by atoms with van der Waals surface area (Å²) in [4.78, 5) is 13.1. The minimum atomic E-state index is -4.33. The van der Waals surface area contributed by atoms with Gasteiger partial charge in [0.05, 0.1) is 5.56 Å². The summed E-state index contributed by atoms with van der Waals surface area (Å²) in [7, 11) is 0. The largest absolute Gasteiger partial charge is 0.446 e. The summed E-state index contributed by atoms with van der Waals surface area (Å²) in [5, 5.41) is 0. The highest BCUT2D eigenvalue weighted by Gasteiger charge is 2.31. The van der Waals surface area contributed by atoms with Crippen molar-refractivity contribution in [3.8, 4) is 0 Å². The van der Waals surface area contributed by atoms with Crippen LogP contribution < -0.4 is 4.90 Å². The van der Waals surface area contributed by atoms with Crippen LogP contribution in [0.1, 0.15) is 24.0 Å². The van der Waals surface area contributed by atoms with Crippen LogP contribution in [0.15, 0.2) is 53.4 Å². The third-order valence-corrected chi connectivity index (χ3v) is 4.52. The summed E-state index contributed by atoms with van der Waals surface area (Å²) in [6.07, 6.45) is -3.09. The molecule has 1 aliphatic rings. The van der Waals surface area contributed by atoms with Crippen molar-refractivity contribution in [2.75, 3.05) is 11.4 Å². The third-order valence-electron chi connectivity index (χ3n) is 3.80. The van der Waals surface area contributed by atoms with Gasteiger partial charge in [0.25, 0.3) is 0 Å². The van der Waals surface area contributed by atoms with Crippen LogP contribution in [0.2, 0.25) is 0 Å². The molecule has 0 saturated carbocycles. The maximum absolute atomic E-state index is 12.3. The number of amides is 1. The molecular weight excluding hydrogens is 404 g/mol. The van der Waals surface area contributed by atoms with Crippen LogP contribution in [-0.2, 0) is 11.0 Å². The highest BCUT2D eigenvalue weighted by atomic mass is 32.2. The predicted molar refractivity (Wildman–Crippen MR) is 96.1 cm³/mol. The Hall–Kier alpha value is -2.16. The molecule has 9 heteroatoms. The Labute approximate surface area is 162 Å². The first-order valence-electron chi connectivity index (χ1n) is 8.26. The van der Waals surface area contributed by atoms with Crippen LogP contribution >= 0.6 is 11.8 Å². The lowest BCUT2D eigenvalue weighted by Crippen LogP contribution is -2.23. The van der Waals surface area contributed by atoms with E-state index in [1.165, 1.54) is 29.2 Å². The molecule has 0 spiro atoms. The number of hydrogen-bond donors (Lipinski definition) is 0. The van der Waals surface area contributed by atoms with E-state index in [9.17, 15) is 31.1 Å². The van der Waals surface area contributed by atoms with Crippen molar-refractivity contribution < 1.29 is 31.1 Å². The normalized spacial score (nSPS) is 14.7. The quantitative estimate of drug-likeness (QED) is 0.411. The van der Waals surface area contributed by atoms with E-state index in [1.807, 2.05) is 0 Å². The SMILES string of the molecule is Cc1cccc(SC(F)(F)F)c1.O=C1CCCN1c1ccc(C(F)(F)F)cc1. The van der Waals surface area contributed by atoms with E-state index in [1.54, 1.807) is 19.1 Å². The molecule has 152 valence electrons. The second kappa shape index (κ2) is 8.89. The Balaban J connectivity index is 0.000000209. The van der Waals surface area contributed by atoms with Crippen LogP contribution in [0.3, 0.4) is 0 Å². The van der Waals surface area contributed by atoms with E-state index in [-0.39, 0.29) is 22.6 Å². The zero-order valence-electron chi connectivity index (χ0n) is 14.8. The Bertz CT molecular complexity index is 801. The molecule has 1 amide bonds. The van der Waals surface area contributed by atoms with E-state index in [0.717, 1.165) is 24.1 Å². The number of rotatable bonds is 2. The Kier molecular flexibility index (Phi) is 7.03. The van der Waals surface area contributed by atoms with Crippen LogP contribution in [0.5, 0.6) is 0 Å². The number of halogens is 6. The van der Waals surface area contributed by atoms with Gasteiger partial charge in [-0.05, 0) is 61.5 Å². The summed E-state index contributed by atoms with van der Waals surface area (Å²) in [5.41, 5.74) is -3.50. The molecule has 0 radical (unpaired) electrons. The molecule has 2 aromatic rings. The van der Waals surface area contributed by atoms with E-state index in [4.69, 9.17) is 0 Å². The topological polar surface area (TPSA) is 20.3 Å². The predicted octanol–water partition coefficient (Wildman–Crippen LogP) is 6.44. The average molecular weight is 421 g/mol. The van der Waals surface area contributed by atoms with Crippen molar-refractivity contribution in [3.63, 3.8) is 0 Å². The number of nitrogens with zero attached hydrogens (tertiary/aromatic N) is 1. The second-order valence-electron chi connectivity index (χ2n) is 6.06. The molecule has 0 aromatic heterocycles. The van der Waals surface area contributed by atoms with Crippen molar-refractivity contribution in [2.45, 2.75) is 36.3 Å². The van der Waals surface area contributed by atoms with Gasteiger partial charge >= 0.3 is 11.7 Å². The fourth-order valence-electron chi connectivity index (χ4n) is 2.56. The van der Waals surface area contributed by atoms with Gasteiger partial charge in [0.15, 0.2) is 0 Å². The fraction of sp³-hybridized carbons (Fsp3) is 0.316. The summed E-state index contributed by atoms with van der Waals surface area (Å²) in [6, 6.07) is 11.0. The Morgan fingerprint density at radius 1 is 0.964 bits per heavy atom. The number of benzene rings is 2. The number of anilines is 1. The van der Waals surface area contributed by atoms with Crippen molar-refractivity contribution in [2.24, 2.45) is 0 Å². The van der Waals surface area contributed by atoms with E-state index >= 15 is 0 Å². The van der Waals surface area contributed by atoms with Crippen LogP contribution in [0.25, 0.3) is 0 Å². The van der Waals surface area contributed by atoms with Crippen molar-refractivity contribution in [1.29, 1.82) is 0 Å². The van der Waals surface area contributed by atoms with E-state index in [2.05, 4.69) is 0 Å². The lowest BCUT2D eigenvalue weighted by Gasteiger charge is -2.16. The highest BCUT2D eigenvalue weighted by molar-refractivity contribution is 8.00. The molecule has 28 heavy (non-hydrogen) atoms. The van der Waals surface area contributed by atoms with Gasteiger partial charge in [0, 0.05) is 23.5 Å². The number of carbonyl (C=O) groups excluding carboxylic acids is 1. The first-order valence-corrected chi connectivity index (χ1v) is 9.07. The van der Waals surface area contributed by atoms with Crippen molar-refractivity contribution >= 4 is 23.4 Å². The lowest BCUT2D eigenvalue weighted by molar-refractivity contribution is -0.137. The molecule has 1 fully saturated rings. The minimum Gasteiger partial charge on any atom is -0.312 e. The number of thioether (sulfide) groups is 1. The Morgan fingerprint density at radius 2 is 1.61 bits per heavy atom. The molecule has 0 atom stereocenters. The number of hydrogen-bond acceptors (Lipinski definition) is 2. The molecule has 2 aromatic carbocycles. The fourth-order valence-corrected chi connectivity index (χ4v) is 3.22. The number of aryl methyl sites for hydroxylation is 1. The molecule has 0 unspecified atom stereocenters. The molecule has 1 aliphatic heterocycles. The zero-order valence-corrected chi connectivity index (χ0v) is 15.6. The molecule has 0 N–H and O–H groups in total. The van der Waals surface area contributed by atoms with Crippen LogP contribution in [-0.4, -0.2) is 18.0 Å².